The zero-order valence-corrected chi connectivity index (χ0v) is 18.1. The number of hydrogen-bond acceptors (Lipinski definition) is 1. The van der Waals surface area contributed by atoms with E-state index in [1.165, 1.54) is 0 Å². The number of aryl methyl sites for hydroxylation is 1. The molecule has 30 heavy (non-hydrogen) atoms. The third kappa shape index (κ3) is 3.19. The van der Waals surface area contributed by atoms with E-state index in [1.807, 2.05) is 63.2 Å². The van der Waals surface area contributed by atoms with Crippen LogP contribution in [0.5, 0.6) is 0 Å². The smallest absolute Gasteiger partial charge is 0.309 e. The van der Waals surface area contributed by atoms with Crippen LogP contribution in [0.15, 0.2) is 52.4 Å². The molecule has 3 aromatic rings. The first-order valence-electron chi connectivity index (χ1n) is 10.5. The highest BCUT2D eigenvalue weighted by Gasteiger charge is 2.33. The van der Waals surface area contributed by atoms with Crippen molar-refractivity contribution in [3.8, 4) is 11.3 Å². The largest absolute Gasteiger partial charge is 0.679 e. The Morgan fingerprint density at radius 3 is 2.37 bits per heavy atom. The van der Waals surface area contributed by atoms with Crippen LogP contribution in [0.25, 0.3) is 22.0 Å². The van der Waals surface area contributed by atoms with Crippen LogP contribution in [0.4, 0.5) is 14.4 Å². The molecule has 4 rings (SSSR count). The number of benzene rings is 2. The molecule has 0 spiro atoms. The summed E-state index contributed by atoms with van der Waals surface area (Å²) in [6.07, 6.45) is 0.958. The van der Waals surface area contributed by atoms with Crippen LogP contribution < -0.4 is 0 Å². The van der Waals surface area contributed by atoms with E-state index in [2.05, 4.69) is 18.8 Å². The van der Waals surface area contributed by atoms with Gasteiger partial charge in [0.15, 0.2) is 0 Å². The van der Waals surface area contributed by atoms with E-state index < -0.39 is 7.40 Å². The quantitative estimate of drug-likeness (QED) is 0.424. The van der Waals surface area contributed by atoms with Crippen molar-refractivity contribution in [3.63, 3.8) is 0 Å². The van der Waals surface area contributed by atoms with E-state index in [-0.39, 0.29) is 11.7 Å². The van der Waals surface area contributed by atoms with Gasteiger partial charge in [-0.2, -0.15) is 0 Å². The van der Waals surface area contributed by atoms with Gasteiger partial charge in [0.2, 0.25) is 0 Å². The zero-order chi connectivity index (χ0) is 21.6. The van der Waals surface area contributed by atoms with Gasteiger partial charge < -0.3 is 4.48 Å². The normalized spacial score (nSPS) is 20.2. The Hall–Kier alpha value is -2.76. The molecule has 2 atom stereocenters. The predicted octanol–water partition coefficient (Wildman–Crippen LogP) is 6.86. The van der Waals surface area contributed by atoms with Gasteiger partial charge in [0.1, 0.15) is 11.7 Å². The van der Waals surface area contributed by atoms with Crippen LogP contribution in [0.1, 0.15) is 38.3 Å². The Bertz CT molecular complexity index is 1180. The summed E-state index contributed by atoms with van der Waals surface area (Å²) in [7, 11) is -2.71. The molecule has 3 nitrogen and oxygen atoms in total. The van der Waals surface area contributed by atoms with E-state index in [1.54, 1.807) is 0 Å². The Kier molecular flexibility index (Phi) is 5.35. The molecule has 0 saturated heterocycles. The van der Waals surface area contributed by atoms with Gasteiger partial charge in [-0.25, -0.2) is 9.98 Å². The second kappa shape index (κ2) is 7.82. The van der Waals surface area contributed by atoms with Crippen molar-refractivity contribution >= 4 is 35.5 Å². The molecular weight excluding hydrogens is 379 g/mol. The number of halogens is 2. The van der Waals surface area contributed by atoms with Gasteiger partial charge >= 0.3 is 7.40 Å². The molecule has 2 unspecified atom stereocenters. The van der Waals surface area contributed by atoms with Crippen molar-refractivity contribution < 1.29 is 8.63 Å². The molecule has 6 heteroatoms. The van der Waals surface area contributed by atoms with Crippen molar-refractivity contribution in [2.75, 3.05) is 0 Å². The SMILES string of the molecule is CCC1C(C)=NC(=Nc2c3ccccc3c(-c3cccc(C)c3C)n2B(F)F)C1C. The zero-order valence-electron chi connectivity index (χ0n) is 18.1. The summed E-state index contributed by atoms with van der Waals surface area (Å²) in [5, 5.41) is 1.51. The first-order chi connectivity index (χ1) is 14.3. The van der Waals surface area contributed by atoms with Gasteiger partial charge in [-0.15, -0.1) is 0 Å². The summed E-state index contributed by atoms with van der Waals surface area (Å²) in [5.74, 6) is 1.34. The fourth-order valence-electron chi connectivity index (χ4n) is 4.63. The van der Waals surface area contributed by atoms with Crippen LogP contribution >= 0.6 is 0 Å². The van der Waals surface area contributed by atoms with Gasteiger partial charge in [0.05, 0.1) is 5.69 Å². The molecular formula is C24H26BF2N3. The van der Waals surface area contributed by atoms with Crippen LogP contribution in [0.2, 0.25) is 0 Å². The van der Waals surface area contributed by atoms with E-state index >= 15 is 0 Å². The minimum Gasteiger partial charge on any atom is -0.309 e. The number of fused-ring (bicyclic) bond motifs is 1. The molecule has 1 aliphatic heterocycles. The summed E-state index contributed by atoms with van der Waals surface area (Å²) in [4.78, 5) is 9.39. The molecule has 2 aromatic carbocycles. The van der Waals surface area contributed by atoms with Crippen molar-refractivity contribution in [2.45, 2.75) is 41.0 Å². The van der Waals surface area contributed by atoms with Crippen LogP contribution in [0.3, 0.4) is 0 Å². The molecule has 0 fully saturated rings. The summed E-state index contributed by atoms with van der Waals surface area (Å²) in [6, 6.07) is 13.4. The fraction of sp³-hybridized carbons (Fsp3) is 0.333. The maximum Gasteiger partial charge on any atom is 0.679 e. The lowest BCUT2D eigenvalue weighted by Crippen LogP contribution is -2.17. The van der Waals surface area contributed by atoms with Gasteiger partial charge in [-0.3, -0.25) is 8.63 Å². The summed E-state index contributed by atoms with van der Waals surface area (Å²) < 4.78 is 30.1. The molecule has 1 aromatic heterocycles. The average molecular weight is 405 g/mol. The molecule has 0 saturated carbocycles. The minimum atomic E-state index is -2.71. The van der Waals surface area contributed by atoms with Crippen molar-refractivity contribution in [2.24, 2.45) is 21.8 Å². The van der Waals surface area contributed by atoms with Crippen LogP contribution in [0, 0.1) is 25.7 Å². The van der Waals surface area contributed by atoms with Gasteiger partial charge in [0.25, 0.3) is 0 Å². The average Bonchev–Trinajstić information content (AvgIpc) is 3.18. The highest BCUT2D eigenvalue weighted by molar-refractivity contribution is 6.44. The lowest BCUT2D eigenvalue weighted by Gasteiger charge is -2.14. The Morgan fingerprint density at radius 1 is 1.03 bits per heavy atom. The van der Waals surface area contributed by atoms with E-state index in [9.17, 15) is 8.63 Å². The van der Waals surface area contributed by atoms with Crippen molar-refractivity contribution in [1.82, 2.24) is 4.48 Å². The van der Waals surface area contributed by atoms with Crippen LogP contribution in [-0.4, -0.2) is 23.4 Å². The molecule has 0 aliphatic carbocycles. The summed E-state index contributed by atoms with van der Waals surface area (Å²) in [5.41, 5.74) is 4.42. The third-order valence-corrected chi connectivity index (χ3v) is 6.45. The topological polar surface area (TPSA) is 29.6 Å². The Balaban J connectivity index is 2.04. The Morgan fingerprint density at radius 2 is 1.73 bits per heavy atom. The first-order valence-corrected chi connectivity index (χ1v) is 10.5. The maximum absolute atomic E-state index is 14.5. The maximum atomic E-state index is 14.5. The van der Waals surface area contributed by atoms with Crippen LogP contribution in [-0.2, 0) is 0 Å². The Labute approximate surface area is 176 Å². The molecule has 154 valence electrons. The van der Waals surface area contributed by atoms with E-state index in [4.69, 9.17) is 4.99 Å². The van der Waals surface area contributed by atoms with Gasteiger partial charge in [0, 0.05) is 33.9 Å². The summed E-state index contributed by atoms with van der Waals surface area (Å²) in [6.45, 7) is 10.2. The first kappa shape index (κ1) is 20.5. The molecule has 0 N–H and O–H groups in total. The molecule has 0 bridgehead atoms. The standard InChI is InChI=1S/C24H26BF2N3/c1-6-18-16(4)23(28-17(18)5)29-24-21-12-8-7-11-20(21)22(30(24)25(26)27)19-13-9-10-14(2)15(19)3/h7-13,16,18H,6H2,1-5H3. The summed E-state index contributed by atoms with van der Waals surface area (Å²) >= 11 is 0. The number of amidine groups is 1. The highest BCUT2D eigenvalue weighted by Crippen LogP contribution is 2.42. The third-order valence-electron chi connectivity index (χ3n) is 6.45. The number of rotatable bonds is 4. The minimum absolute atomic E-state index is 0.110. The second-order valence-corrected chi connectivity index (χ2v) is 8.14. The molecule has 1 aliphatic rings. The lowest BCUT2D eigenvalue weighted by atomic mass is 9.90. The highest BCUT2D eigenvalue weighted by atomic mass is 19.2. The van der Waals surface area contributed by atoms with Crippen molar-refractivity contribution in [3.05, 3.63) is 53.6 Å². The lowest BCUT2D eigenvalue weighted by molar-refractivity contribution is 0.568. The second-order valence-electron chi connectivity index (χ2n) is 8.14. The predicted molar refractivity (Wildman–Crippen MR) is 123 cm³/mol. The monoisotopic (exact) mass is 405 g/mol. The number of aromatic nitrogens is 1. The number of aliphatic imine (C=N–C) groups is 2. The number of nitrogens with zero attached hydrogens (tertiary/aromatic N) is 3. The van der Waals surface area contributed by atoms with E-state index in [0.29, 0.717) is 17.4 Å². The van der Waals surface area contributed by atoms with Crippen molar-refractivity contribution in [1.29, 1.82) is 0 Å². The number of hydrogen-bond donors (Lipinski definition) is 0. The fourth-order valence-corrected chi connectivity index (χ4v) is 4.63. The molecule has 2 heterocycles. The molecule has 0 amide bonds. The molecule has 0 radical (unpaired) electrons. The van der Waals surface area contributed by atoms with Gasteiger partial charge in [-0.1, -0.05) is 56.3 Å². The van der Waals surface area contributed by atoms with E-state index in [0.717, 1.165) is 44.1 Å². The van der Waals surface area contributed by atoms with Gasteiger partial charge in [-0.05, 0) is 38.3 Å².